The second kappa shape index (κ2) is 5.19. The monoisotopic (exact) mass is 279 g/mol. The molecule has 0 aromatic heterocycles. The van der Waals surface area contributed by atoms with Crippen LogP contribution >= 0.6 is 0 Å². The first-order valence-electron chi connectivity index (χ1n) is 6.32. The highest BCUT2D eigenvalue weighted by molar-refractivity contribution is 7.89. The van der Waals surface area contributed by atoms with Gasteiger partial charge in [0.2, 0.25) is 10.0 Å². The van der Waals surface area contributed by atoms with Gasteiger partial charge in [-0.2, -0.15) is 9.57 Å². The van der Waals surface area contributed by atoms with Crippen molar-refractivity contribution >= 4 is 15.7 Å². The van der Waals surface area contributed by atoms with Crippen molar-refractivity contribution in [3.05, 3.63) is 23.8 Å². The highest BCUT2D eigenvalue weighted by Gasteiger charge is 2.35. The molecule has 2 rings (SSSR count). The van der Waals surface area contributed by atoms with E-state index in [1.807, 2.05) is 13.0 Å². The lowest BCUT2D eigenvalue weighted by Gasteiger charge is -2.23. The summed E-state index contributed by atoms with van der Waals surface area (Å²) >= 11 is 0. The number of nitrogens with zero attached hydrogens (tertiary/aromatic N) is 2. The molecule has 102 valence electrons. The van der Waals surface area contributed by atoms with Gasteiger partial charge in [-0.1, -0.05) is 6.92 Å². The van der Waals surface area contributed by atoms with Crippen molar-refractivity contribution in [3.63, 3.8) is 0 Å². The number of anilines is 1. The minimum Gasteiger partial charge on any atom is -0.399 e. The number of nitriles is 1. The average Bonchev–Trinajstić information content (AvgIpc) is 2.87. The predicted octanol–water partition coefficient (Wildman–Crippen LogP) is 1.70. The summed E-state index contributed by atoms with van der Waals surface area (Å²) in [6.07, 6.45) is 2.54. The van der Waals surface area contributed by atoms with E-state index in [1.54, 1.807) is 0 Å². The first-order chi connectivity index (χ1) is 9.00. The summed E-state index contributed by atoms with van der Waals surface area (Å²) in [6, 6.07) is 6.30. The van der Waals surface area contributed by atoms with Crippen molar-refractivity contribution in [2.75, 3.05) is 12.3 Å². The van der Waals surface area contributed by atoms with Crippen molar-refractivity contribution in [1.29, 1.82) is 5.26 Å². The van der Waals surface area contributed by atoms with Crippen LogP contribution in [0.4, 0.5) is 5.69 Å². The van der Waals surface area contributed by atoms with E-state index in [9.17, 15) is 8.42 Å². The van der Waals surface area contributed by atoms with Gasteiger partial charge in [-0.3, -0.25) is 0 Å². The lowest BCUT2D eigenvalue weighted by molar-refractivity contribution is 0.379. The Labute approximate surface area is 113 Å². The van der Waals surface area contributed by atoms with Gasteiger partial charge >= 0.3 is 0 Å². The van der Waals surface area contributed by atoms with Crippen LogP contribution in [0.5, 0.6) is 0 Å². The standard InChI is InChI=1S/C13H17N3O2S/c1-2-12-4-3-7-16(12)19(17,18)13-6-5-11(15)8-10(13)9-14/h5-6,8,12H,2-4,7,15H2,1H3. The van der Waals surface area contributed by atoms with E-state index >= 15 is 0 Å². The Morgan fingerprint density at radius 1 is 1.53 bits per heavy atom. The predicted molar refractivity (Wildman–Crippen MR) is 72.8 cm³/mol. The third-order valence-electron chi connectivity index (χ3n) is 3.51. The van der Waals surface area contributed by atoms with Crippen LogP contribution in [0.1, 0.15) is 31.7 Å². The van der Waals surface area contributed by atoms with Gasteiger partial charge in [0.15, 0.2) is 0 Å². The molecule has 0 spiro atoms. The van der Waals surface area contributed by atoms with E-state index in [0.717, 1.165) is 19.3 Å². The van der Waals surface area contributed by atoms with Crippen molar-refractivity contribution < 1.29 is 8.42 Å². The van der Waals surface area contributed by atoms with Crippen LogP contribution in [0.3, 0.4) is 0 Å². The van der Waals surface area contributed by atoms with Crippen molar-refractivity contribution in [2.24, 2.45) is 0 Å². The first-order valence-corrected chi connectivity index (χ1v) is 7.76. The Balaban J connectivity index is 2.48. The number of rotatable bonds is 3. The normalized spacial score (nSPS) is 20.3. The number of benzene rings is 1. The highest BCUT2D eigenvalue weighted by atomic mass is 32.2. The number of nitrogen functional groups attached to an aromatic ring is 1. The molecule has 0 bridgehead atoms. The third-order valence-corrected chi connectivity index (χ3v) is 5.52. The fourth-order valence-electron chi connectivity index (χ4n) is 2.52. The molecule has 0 aliphatic carbocycles. The van der Waals surface area contributed by atoms with Gasteiger partial charge in [0.25, 0.3) is 0 Å². The zero-order chi connectivity index (χ0) is 14.0. The second-order valence-corrected chi connectivity index (χ2v) is 6.55. The quantitative estimate of drug-likeness (QED) is 0.853. The molecule has 1 fully saturated rings. The number of hydrogen-bond acceptors (Lipinski definition) is 4. The summed E-state index contributed by atoms with van der Waals surface area (Å²) in [5, 5.41) is 9.08. The van der Waals surface area contributed by atoms with E-state index in [2.05, 4.69) is 0 Å². The molecule has 1 aromatic carbocycles. The Morgan fingerprint density at radius 3 is 2.89 bits per heavy atom. The summed E-state index contributed by atoms with van der Waals surface area (Å²) in [4.78, 5) is 0.0598. The fraction of sp³-hybridized carbons (Fsp3) is 0.462. The number of hydrogen-bond donors (Lipinski definition) is 1. The Kier molecular flexibility index (Phi) is 3.78. The minimum atomic E-state index is -3.60. The van der Waals surface area contributed by atoms with Crippen molar-refractivity contribution in [1.82, 2.24) is 4.31 Å². The molecule has 5 nitrogen and oxygen atoms in total. The van der Waals surface area contributed by atoms with Gasteiger partial charge in [-0.15, -0.1) is 0 Å². The van der Waals surface area contributed by atoms with E-state index in [0.29, 0.717) is 12.2 Å². The Hall–Kier alpha value is -1.58. The van der Waals surface area contributed by atoms with Gasteiger partial charge in [0, 0.05) is 18.3 Å². The fourth-order valence-corrected chi connectivity index (χ4v) is 4.41. The van der Waals surface area contributed by atoms with E-state index in [-0.39, 0.29) is 16.5 Å². The molecule has 1 aliphatic rings. The molecule has 1 aliphatic heterocycles. The van der Waals surface area contributed by atoms with Gasteiger partial charge in [-0.25, -0.2) is 8.42 Å². The summed E-state index contributed by atoms with van der Waals surface area (Å²) in [5.41, 5.74) is 6.10. The lowest BCUT2D eigenvalue weighted by atomic mass is 10.2. The summed E-state index contributed by atoms with van der Waals surface area (Å²) < 4.78 is 26.8. The molecule has 6 heteroatoms. The van der Waals surface area contributed by atoms with Crippen LogP contribution in [-0.2, 0) is 10.0 Å². The lowest BCUT2D eigenvalue weighted by Crippen LogP contribution is -2.35. The van der Waals surface area contributed by atoms with Crippen molar-refractivity contribution in [2.45, 2.75) is 37.1 Å². The zero-order valence-electron chi connectivity index (χ0n) is 10.8. The molecule has 1 saturated heterocycles. The van der Waals surface area contributed by atoms with Gasteiger partial charge in [0.05, 0.1) is 5.56 Å². The van der Waals surface area contributed by atoms with Crippen LogP contribution in [0.15, 0.2) is 23.1 Å². The van der Waals surface area contributed by atoms with Crippen LogP contribution in [0, 0.1) is 11.3 Å². The number of sulfonamides is 1. The molecule has 0 amide bonds. The first kappa shape index (κ1) is 13.8. The van der Waals surface area contributed by atoms with E-state index in [1.165, 1.54) is 22.5 Å². The second-order valence-electron chi connectivity index (χ2n) is 4.69. The van der Waals surface area contributed by atoms with Crippen LogP contribution in [0.25, 0.3) is 0 Å². The topological polar surface area (TPSA) is 87.2 Å². The average molecular weight is 279 g/mol. The molecule has 1 atom stereocenters. The molecule has 0 saturated carbocycles. The largest absolute Gasteiger partial charge is 0.399 e. The molecule has 19 heavy (non-hydrogen) atoms. The van der Waals surface area contributed by atoms with Crippen LogP contribution in [0.2, 0.25) is 0 Å². The van der Waals surface area contributed by atoms with Crippen LogP contribution in [-0.4, -0.2) is 25.3 Å². The molecule has 1 aromatic rings. The highest BCUT2D eigenvalue weighted by Crippen LogP contribution is 2.29. The molecular weight excluding hydrogens is 262 g/mol. The summed E-state index contributed by atoms with van der Waals surface area (Å²) in [6.45, 7) is 2.50. The van der Waals surface area contributed by atoms with Crippen molar-refractivity contribution in [3.8, 4) is 6.07 Å². The van der Waals surface area contributed by atoms with Crippen LogP contribution < -0.4 is 5.73 Å². The maximum Gasteiger partial charge on any atom is 0.244 e. The third kappa shape index (κ3) is 2.44. The zero-order valence-corrected chi connectivity index (χ0v) is 11.7. The van der Waals surface area contributed by atoms with Gasteiger partial charge in [-0.05, 0) is 37.5 Å². The molecular formula is C13H17N3O2S. The molecule has 1 unspecified atom stereocenters. The molecule has 1 heterocycles. The van der Waals surface area contributed by atoms with Gasteiger partial charge in [0.1, 0.15) is 11.0 Å². The Bertz CT molecular complexity index is 619. The summed E-state index contributed by atoms with van der Waals surface area (Å²) in [5.74, 6) is 0. The number of nitrogens with two attached hydrogens (primary N) is 1. The maximum absolute atomic E-state index is 12.6. The SMILES string of the molecule is CCC1CCCN1S(=O)(=O)c1ccc(N)cc1C#N. The maximum atomic E-state index is 12.6. The van der Waals surface area contributed by atoms with E-state index < -0.39 is 10.0 Å². The Morgan fingerprint density at radius 2 is 2.26 bits per heavy atom. The molecule has 0 radical (unpaired) electrons. The van der Waals surface area contributed by atoms with E-state index in [4.69, 9.17) is 11.0 Å². The smallest absolute Gasteiger partial charge is 0.244 e. The van der Waals surface area contributed by atoms with Gasteiger partial charge < -0.3 is 5.73 Å². The summed E-state index contributed by atoms with van der Waals surface area (Å²) in [7, 11) is -3.60. The minimum absolute atomic E-state index is 0.0362. The molecule has 2 N–H and O–H groups in total.